The molecule has 0 aliphatic carbocycles. The highest BCUT2D eigenvalue weighted by Gasteiger charge is 2.08. The third kappa shape index (κ3) is 2.87. The van der Waals surface area contributed by atoms with Crippen molar-refractivity contribution < 1.29 is 0 Å². The molecule has 1 heterocycles. The van der Waals surface area contributed by atoms with Crippen LogP contribution in [0.2, 0.25) is 0 Å². The van der Waals surface area contributed by atoms with Gasteiger partial charge in [-0.3, -0.25) is 4.57 Å². The zero-order chi connectivity index (χ0) is 14.8. The first-order valence-corrected chi connectivity index (χ1v) is 7.12. The second kappa shape index (κ2) is 5.54. The van der Waals surface area contributed by atoms with E-state index in [9.17, 15) is 0 Å². The number of hydrogen-bond acceptors (Lipinski definition) is 3. The smallest absolute Gasteiger partial charge is 0.232 e. The van der Waals surface area contributed by atoms with Crippen LogP contribution in [-0.2, 0) is 0 Å². The number of H-pyrrole nitrogens is 1. The summed E-state index contributed by atoms with van der Waals surface area (Å²) in [5, 5.41) is 10.4. The first kappa shape index (κ1) is 13.6. The Kier molecular flexibility index (Phi) is 3.58. The van der Waals surface area contributed by atoms with Crippen molar-refractivity contribution in [3.05, 3.63) is 64.4 Å². The molecule has 0 atom stereocenters. The van der Waals surface area contributed by atoms with E-state index in [0.29, 0.717) is 10.7 Å². The van der Waals surface area contributed by atoms with Gasteiger partial charge >= 0.3 is 0 Å². The van der Waals surface area contributed by atoms with Crippen molar-refractivity contribution >= 4 is 23.9 Å². The summed E-state index contributed by atoms with van der Waals surface area (Å²) in [5.74, 6) is 0.674. The largest absolute Gasteiger partial charge is 0.324 e. The number of benzene rings is 2. The molecule has 0 radical (unpaired) electrons. The summed E-state index contributed by atoms with van der Waals surface area (Å²) < 4.78 is 2.45. The summed E-state index contributed by atoms with van der Waals surface area (Å²) in [7, 11) is 0. The van der Waals surface area contributed by atoms with Gasteiger partial charge < -0.3 is 5.32 Å². The quantitative estimate of drug-likeness (QED) is 0.709. The minimum Gasteiger partial charge on any atom is -0.324 e. The molecule has 106 valence electrons. The summed E-state index contributed by atoms with van der Waals surface area (Å²) in [4.78, 5) is 0. The third-order valence-corrected chi connectivity index (χ3v) is 3.55. The van der Waals surface area contributed by atoms with Gasteiger partial charge in [-0.2, -0.15) is 0 Å². The molecule has 0 amide bonds. The topological polar surface area (TPSA) is 45.6 Å². The van der Waals surface area contributed by atoms with Crippen molar-refractivity contribution in [3.63, 3.8) is 0 Å². The van der Waals surface area contributed by atoms with E-state index in [1.807, 2.05) is 28.8 Å². The van der Waals surface area contributed by atoms with Crippen LogP contribution in [0.5, 0.6) is 0 Å². The molecule has 0 saturated carbocycles. The molecule has 1 aromatic heterocycles. The molecule has 3 aromatic rings. The fraction of sp³-hybridized carbons (Fsp3) is 0.125. The maximum absolute atomic E-state index is 5.33. The molecule has 3 rings (SSSR count). The van der Waals surface area contributed by atoms with Crippen molar-refractivity contribution in [1.82, 2.24) is 14.8 Å². The lowest BCUT2D eigenvalue weighted by atomic mass is 10.2. The van der Waals surface area contributed by atoms with Gasteiger partial charge in [-0.1, -0.05) is 35.4 Å². The van der Waals surface area contributed by atoms with Gasteiger partial charge in [0, 0.05) is 5.69 Å². The summed E-state index contributed by atoms with van der Waals surface area (Å²) in [6.07, 6.45) is 0. The van der Waals surface area contributed by atoms with Gasteiger partial charge in [0.25, 0.3) is 0 Å². The van der Waals surface area contributed by atoms with Gasteiger partial charge in [0.2, 0.25) is 10.7 Å². The number of rotatable bonds is 3. The van der Waals surface area contributed by atoms with E-state index in [1.54, 1.807) is 0 Å². The highest BCUT2D eigenvalue weighted by atomic mass is 32.1. The van der Waals surface area contributed by atoms with Crippen molar-refractivity contribution in [3.8, 4) is 5.69 Å². The molecule has 0 spiro atoms. The zero-order valence-electron chi connectivity index (χ0n) is 11.9. The zero-order valence-corrected chi connectivity index (χ0v) is 12.7. The molecule has 0 aliphatic heterocycles. The van der Waals surface area contributed by atoms with Crippen LogP contribution in [0, 0.1) is 18.6 Å². The van der Waals surface area contributed by atoms with Gasteiger partial charge in [0.15, 0.2) is 0 Å². The van der Waals surface area contributed by atoms with Gasteiger partial charge in [0.05, 0.1) is 5.69 Å². The first-order chi connectivity index (χ1) is 10.1. The normalized spacial score (nSPS) is 10.6. The maximum atomic E-state index is 5.33. The van der Waals surface area contributed by atoms with Crippen LogP contribution in [0.4, 0.5) is 11.6 Å². The summed E-state index contributed by atoms with van der Waals surface area (Å²) in [5.41, 5.74) is 4.39. The van der Waals surface area contributed by atoms with E-state index >= 15 is 0 Å². The highest BCUT2D eigenvalue weighted by Crippen LogP contribution is 2.19. The lowest BCUT2D eigenvalue weighted by molar-refractivity contribution is 1.03. The number of aromatic nitrogens is 3. The summed E-state index contributed by atoms with van der Waals surface area (Å²) >= 11 is 5.33. The standard InChI is InChI=1S/C16H16N4S/c1-11-3-7-13(8-4-11)17-15-18-19-16(21)20(15)14-9-5-12(2)6-10-14/h3-10H,1-2H3,(H,17,18)(H,19,21). The molecule has 0 unspecified atom stereocenters. The number of anilines is 2. The number of aryl methyl sites for hydroxylation is 2. The highest BCUT2D eigenvalue weighted by molar-refractivity contribution is 7.71. The summed E-state index contributed by atoms with van der Waals surface area (Å²) in [6.45, 7) is 4.12. The monoisotopic (exact) mass is 296 g/mol. The van der Waals surface area contributed by atoms with Crippen LogP contribution >= 0.6 is 12.2 Å². The molecule has 0 fully saturated rings. The Hall–Kier alpha value is -2.40. The van der Waals surface area contributed by atoms with E-state index in [2.05, 4.69) is 53.6 Å². The fourth-order valence-corrected chi connectivity index (χ4v) is 2.32. The average Bonchev–Trinajstić information content (AvgIpc) is 2.83. The van der Waals surface area contributed by atoms with Gasteiger partial charge in [-0.15, -0.1) is 5.10 Å². The Balaban J connectivity index is 1.99. The molecule has 0 aliphatic rings. The van der Waals surface area contributed by atoms with Crippen molar-refractivity contribution in [2.75, 3.05) is 5.32 Å². The Labute approximate surface area is 128 Å². The summed E-state index contributed by atoms with van der Waals surface area (Å²) in [6, 6.07) is 16.3. The number of hydrogen-bond donors (Lipinski definition) is 2. The predicted octanol–water partition coefficient (Wildman–Crippen LogP) is 4.29. The lowest BCUT2D eigenvalue weighted by Gasteiger charge is -2.09. The fourth-order valence-electron chi connectivity index (χ4n) is 2.08. The van der Waals surface area contributed by atoms with Gasteiger partial charge in [-0.05, 0) is 50.3 Å². The number of nitrogens with one attached hydrogen (secondary N) is 2. The van der Waals surface area contributed by atoms with Crippen molar-refractivity contribution in [1.29, 1.82) is 0 Å². The van der Waals surface area contributed by atoms with Crippen LogP contribution in [0.3, 0.4) is 0 Å². The lowest BCUT2D eigenvalue weighted by Crippen LogP contribution is -2.02. The first-order valence-electron chi connectivity index (χ1n) is 6.71. The molecular formula is C16H16N4S. The SMILES string of the molecule is Cc1ccc(Nc2n[nH]c(=S)n2-c2ccc(C)cc2)cc1. The Morgan fingerprint density at radius 3 is 2.14 bits per heavy atom. The van der Waals surface area contributed by atoms with E-state index in [0.717, 1.165) is 11.4 Å². The van der Waals surface area contributed by atoms with E-state index < -0.39 is 0 Å². The molecule has 2 N–H and O–H groups in total. The minimum absolute atomic E-state index is 0.563. The molecule has 0 bridgehead atoms. The maximum Gasteiger partial charge on any atom is 0.232 e. The molecule has 21 heavy (non-hydrogen) atoms. The average molecular weight is 296 g/mol. The van der Waals surface area contributed by atoms with Crippen molar-refractivity contribution in [2.24, 2.45) is 0 Å². The van der Waals surface area contributed by atoms with E-state index in [-0.39, 0.29) is 0 Å². The van der Waals surface area contributed by atoms with E-state index in [4.69, 9.17) is 12.2 Å². The second-order valence-electron chi connectivity index (χ2n) is 5.01. The second-order valence-corrected chi connectivity index (χ2v) is 5.40. The molecule has 0 saturated heterocycles. The van der Waals surface area contributed by atoms with Crippen LogP contribution in [0.15, 0.2) is 48.5 Å². The van der Waals surface area contributed by atoms with Gasteiger partial charge in [-0.25, -0.2) is 5.10 Å². The third-order valence-electron chi connectivity index (χ3n) is 3.27. The molecule has 2 aromatic carbocycles. The van der Waals surface area contributed by atoms with Crippen LogP contribution in [0.25, 0.3) is 5.69 Å². The predicted molar refractivity (Wildman–Crippen MR) is 87.9 cm³/mol. The van der Waals surface area contributed by atoms with E-state index in [1.165, 1.54) is 11.1 Å². The Bertz CT molecular complexity index is 798. The van der Waals surface area contributed by atoms with Crippen LogP contribution in [0.1, 0.15) is 11.1 Å². The minimum atomic E-state index is 0.563. The Morgan fingerprint density at radius 2 is 1.52 bits per heavy atom. The van der Waals surface area contributed by atoms with Crippen molar-refractivity contribution in [2.45, 2.75) is 13.8 Å². The molecule has 5 heteroatoms. The van der Waals surface area contributed by atoms with Crippen LogP contribution in [-0.4, -0.2) is 14.8 Å². The van der Waals surface area contributed by atoms with Crippen LogP contribution < -0.4 is 5.32 Å². The number of aromatic amines is 1. The Morgan fingerprint density at radius 1 is 0.952 bits per heavy atom. The van der Waals surface area contributed by atoms with Gasteiger partial charge in [0.1, 0.15) is 0 Å². The molecule has 4 nitrogen and oxygen atoms in total. The number of nitrogens with zero attached hydrogens (tertiary/aromatic N) is 2. The molecular weight excluding hydrogens is 280 g/mol.